The van der Waals surface area contributed by atoms with Crippen LogP contribution in [0, 0.1) is 0 Å². The number of nitrogens with one attached hydrogen (secondary N) is 1. The molecule has 0 amide bonds. The van der Waals surface area contributed by atoms with Crippen molar-refractivity contribution in [3.05, 3.63) is 64.2 Å². The Morgan fingerprint density at radius 2 is 2.00 bits per heavy atom. The van der Waals surface area contributed by atoms with Gasteiger partial charge in [0.1, 0.15) is 5.75 Å². The number of halogens is 1. The summed E-state index contributed by atoms with van der Waals surface area (Å²) in [4.78, 5) is 2.25. The van der Waals surface area contributed by atoms with E-state index in [4.69, 9.17) is 28.6 Å². The molecule has 0 spiro atoms. The quantitative estimate of drug-likeness (QED) is 0.810. The van der Waals surface area contributed by atoms with E-state index in [0.717, 1.165) is 54.8 Å². The van der Waals surface area contributed by atoms with E-state index in [1.807, 2.05) is 18.2 Å². The first-order chi connectivity index (χ1) is 12.2. The third-order valence-corrected chi connectivity index (χ3v) is 5.19. The van der Waals surface area contributed by atoms with Crippen LogP contribution in [0.15, 0.2) is 42.5 Å². The summed E-state index contributed by atoms with van der Waals surface area (Å²) in [7, 11) is 1.71. The third-order valence-electron chi connectivity index (χ3n) is 4.54. The molecule has 3 rings (SSSR count). The molecule has 0 atom stereocenters. The molecule has 0 unspecified atom stereocenters. The second-order valence-electron chi connectivity index (χ2n) is 6.27. The summed E-state index contributed by atoms with van der Waals surface area (Å²) in [6.45, 7) is 2.63. The van der Waals surface area contributed by atoms with Crippen molar-refractivity contribution in [1.82, 2.24) is 10.2 Å². The Morgan fingerprint density at radius 1 is 1.20 bits per heavy atom. The lowest BCUT2D eigenvalue weighted by atomic mass is 10.0. The minimum absolute atomic E-state index is 0.769. The number of nitrogens with zero attached hydrogens (tertiary/aromatic N) is 1. The average molecular weight is 375 g/mol. The Labute approximate surface area is 159 Å². The Bertz CT molecular complexity index is 733. The molecule has 0 bridgehead atoms. The van der Waals surface area contributed by atoms with E-state index < -0.39 is 0 Å². The van der Waals surface area contributed by atoms with Crippen LogP contribution in [0.25, 0.3) is 0 Å². The SMILES string of the molecule is COc1ccc2c(c1)CN(C(=S)NCCc1ccc(Cl)cc1)CCC2. The Morgan fingerprint density at radius 3 is 2.76 bits per heavy atom. The van der Waals surface area contributed by atoms with Crippen molar-refractivity contribution < 1.29 is 4.74 Å². The zero-order valence-electron chi connectivity index (χ0n) is 14.4. The van der Waals surface area contributed by atoms with Gasteiger partial charge in [0.05, 0.1) is 7.11 Å². The maximum absolute atomic E-state index is 5.92. The van der Waals surface area contributed by atoms with Gasteiger partial charge in [-0.1, -0.05) is 29.8 Å². The van der Waals surface area contributed by atoms with E-state index in [-0.39, 0.29) is 0 Å². The first-order valence-corrected chi connectivity index (χ1v) is 9.37. The molecule has 3 nitrogen and oxygen atoms in total. The average Bonchev–Trinajstić information content (AvgIpc) is 2.85. The van der Waals surface area contributed by atoms with Gasteiger partial charge >= 0.3 is 0 Å². The molecule has 0 radical (unpaired) electrons. The number of thiocarbonyl (C=S) groups is 1. The highest BCUT2D eigenvalue weighted by molar-refractivity contribution is 7.80. The van der Waals surface area contributed by atoms with Crippen LogP contribution in [-0.2, 0) is 19.4 Å². The number of ether oxygens (including phenoxy) is 1. The van der Waals surface area contributed by atoms with E-state index in [2.05, 4.69) is 34.5 Å². The third kappa shape index (κ3) is 4.86. The van der Waals surface area contributed by atoms with Crippen molar-refractivity contribution in [2.45, 2.75) is 25.8 Å². The number of benzene rings is 2. The Balaban J connectivity index is 1.57. The molecular weight excluding hydrogens is 352 g/mol. The smallest absolute Gasteiger partial charge is 0.169 e. The fourth-order valence-corrected chi connectivity index (χ4v) is 3.50. The fraction of sp³-hybridized carbons (Fsp3) is 0.350. The number of aryl methyl sites for hydroxylation is 1. The summed E-state index contributed by atoms with van der Waals surface area (Å²) in [6, 6.07) is 14.3. The number of hydrogen-bond acceptors (Lipinski definition) is 2. The van der Waals surface area contributed by atoms with Crippen LogP contribution in [-0.4, -0.2) is 30.2 Å². The van der Waals surface area contributed by atoms with Crippen molar-refractivity contribution in [3.8, 4) is 5.75 Å². The van der Waals surface area contributed by atoms with E-state index in [1.165, 1.54) is 16.7 Å². The van der Waals surface area contributed by atoms with Gasteiger partial charge in [-0.25, -0.2) is 0 Å². The first-order valence-electron chi connectivity index (χ1n) is 8.59. The van der Waals surface area contributed by atoms with Gasteiger partial charge in [-0.05, 0) is 72.4 Å². The summed E-state index contributed by atoms with van der Waals surface area (Å²) >= 11 is 11.5. The molecule has 25 heavy (non-hydrogen) atoms. The molecular formula is C20H23ClN2OS. The molecule has 5 heteroatoms. The molecule has 0 saturated heterocycles. The highest BCUT2D eigenvalue weighted by Crippen LogP contribution is 2.23. The molecule has 1 aliphatic heterocycles. The van der Waals surface area contributed by atoms with Gasteiger partial charge < -0.3 is 15.0 Å². The summed E-state index contributed by atoms with van der Waals surface area (Å²) in [5.74, 6) is 0.905. The molecule has 2 aromatic carbocycles. The monoisotopic (exact) mass is 374 g/mol. The van der Waals surface area contributed by atoms with Crippen LogP contribution < -0.4 is 10.1 Å². The topological polar surface area (TPSA) is 24.5 Å². The number of rotatable bonds is 4. The van der Waals surface area contributed by atoms with E-state index in [9.17, 15) is 0 Å². The van der Waals surface area contributed by atoms with Gasteiger partial charge in [-0.3, -0.25) is 0 Å². The predicted octanol–water partition coefficient (Wildman–Crippen LogP) is 4.21. The van der Waals surface area contributed by atoms with Crippen LogP contribution in [0.3, 0.4) is 0 Å². The largest absolute Gasteiger partial charge is 0.497 e. The van der Waals surface area contributed by atoms with Crippen molar-refractivity contribution in [2.24, 2.45) is 0 Å². The van der Waals surface area contributed by atoms with Gasteiger partial charge in [-0.2, -0.15) is 0 Å². The molecule has 132 valence electrons. The predicted molar refractivity (Wildman–Crippen MR) is 107 cm³/mol. The summed E-state index contributed by atoms with van der Waals surface area (Å²) in [5, 5.41) is 4.99. The summed E-state index contributed by atoms with van der Waals surface area (Å²) in [6.07, 6.45) is 3.12. The molecule has 1 N–H and O–H groups in total. The summed E-state index contributed by atoms with van der Waals surface area (Å²) in [5.41, 5.74) is 3.96. The van der Waals surface area contributed by atoms with Gasteiger partial charge in [0, 0.05) is 24.7 Å². The molecule has 0 aromatic heterocycles. The normalized spacial score (nSPS) is 13.8. The number of fused-ring (bicyclic) bond motifs is 1. The van der Waals surface area contributed by atoms with Crippen molar-refractivity contribution in [1.29, 1.82) is 0 Å². The van der Waals surface area contributed by atoms with E-state index >= 15 is 0 Å². The van der Waals surface area contributed by atoms with Gasteiger partial charge in [0.25, 0.3) is 0 Å². The molecule has 0 saturated carbocycles. The zero-order chi connectivity index (χ0) is 17.6. The maximum Gasteiger partial charge on any atom is 0.169 e. The minimum atomic E-state index is 0.769. The lowest BCUT2D eigenvalue weighted by molar-refractivity contribution is 0.403. The Hall–Kier alpha value is -1.78. The van der Waals surface area contributed by atoms with Crippen molar-refractivity contribution >= 4 is 28.9 Å². The maximum atomic E-state index is 5.92. The highest BCUT2D eigenvalue weighted by Gasteiger charge is 2.17. The van der Waals surface area contributed by atoms with E-state index in [1.54, 1.807) is 7.11 Å². The van der Waals surface area contributed by atoms with Crippen molar-refractivity contribution in [2.75, 3.05) is 20.2 Å². The van der Waals surface area contributed by atoms with Crippen LogP contribution in [0.5, 0.6) is 5.75 Å². The molecule has 0 aliphatic carbocycles. The Kier molecular flexibility index (Phi) is 6.16. The highest BCUT2D eigenvalue weighted by atomic mass is 35.5. The second kappa shape index (κ2) is 8.54. The standard InChI is InChI=1S/C20H23ClN2OS/c1-24-19-9-6-16-3-2-12-23(14-17(16)13-19)20(25)22-11-10-15-4-7-18(21)8-5-15/h4-9,13H,2-3,10-12,14H2,1H3,(H,22,25). The fourth-order valence-electron chi connectivity index (χ4n) is 3.12. The zero-order valence-corrected chi connectivity index (χ0v) is 16.0. The van der Waals surface area contributed by atoms with Gasteiger partial charge in [0.2, 0.25) is 0 Å². The molecule has 1 heterocycles. The van der Waals surface area contributed by atoms with Gasteiger partial charge in [-0.15, -0.1) is 0 Å². The summed E-state index contributed by atoms with van der Waals surface area (Å²) < 4.78 is 5.36. The second-order valence-corrected chi connectivity index (χ2v) is 7.09. The number of hydrogen-bond donors (Lipinski definition) is 1. The lowest BCUT2D eigenvalue weighted by Gasteiger charge is -2.24. The molecule has 0 fully saturated rings. The first kappa shape index (κ1) is 18.0. The van der Waals surface area contributed by atoms with E-state index in [0.29, 0.717) is 0 Å². The lowest BCUT2D eigenvalue weighted by Crippen LogP contribution is -2.40. The van der Waals surface area contributed by atoms with Crippen LogP contribution in [0.2, 0.25) is 5.02 Å². The molecule has 2 aromatic rings. The number of methoxy groups -OCH3 is 1. The minimum Gasteiger partial charge on any atom is -0.497 e. The van der Waals surface area contributed by atoms with Gasteiger partial charge in [0.15, 0.2) is 5.11 Å². The van der Waals surface area contributed by atoms with Crippen LogP contribution in [0.4, 0.5) is 0 Å². The van der Waals surface area contributed by atoms with Crippen LogP contribution in [0.1, 0.15) is 23.1 Å². The van der Waals surface area contributed by atoms with Crippen molar-refractivity contribution in [3.63, 3.8) is 0 Å². The van der Waals surface area contributed by atoms with Crippen LogP contribution >= 0.6 is 23.8 Å². The molecule has 1 aliphatic rings.